The molecule has 0 atom stereocenters. The average Bonchev–Trinajstić information content (AvgIpc) is 2.21. The number of ether oxygens (including phenoxy) is 1. The van der Waals surface area contributed by atoms with Crippen LogP contribution in [0.5, 0.6) is 0 Å². The summed E-state index contributed by atoms with van der Waals surface area (Å²) in [5.74, 6) is 0. The van der Waals surface area contributed by atoms with Crippen molar-refractivity contribution in [1.82, 2.24) is 5.32 Å². The quantitative estimate of drug-likeness (QED) is 0.676. The molecule has 1 fully saturated rings. The molecule has 0 spiro atoms. The average molecular weight is 176 g/mol. The lowest BCUT2D eigenvalue weighted by Gasteiger charge is -2.21. The van der Waals surface area contributed by atoms with E-state index in [0.717, 1.165) is 31.7 Å². The van der Waals surface area contributed by atoms with Crippen molar-refractivity contribution in [3.05, 3.63) is 30.3 Å². The molecule has 2 nitrogen and oxygen atoms in total. The van der Waals surface area contributed by atoms with Gasteiger partial charge in [0, 0.05) is 13.2 Å². The molecule has 0 aliphatic carbocycles. The summed E-state index contributed by atoms with van der Waals surface area (Å²) in [7, 11) is 0. The number of hydrogen-bond donors (Lipinski definition) is 0. The molecule has 0 saturated carbocycles. The maximum Gasteiger partial charge on any atom is 0.0577 e. The minimum Gasteiger partial charge on any atom is -0.381 e. The highest BCUT2D eigenvalue weighted by molar-refractivity contribution is 5.35. The zero-order valence-electron chi connectivity index (χ0n) is 7.65. The van der Waals surface area contributed by atoms with Crippen molar-refractivity contribution in [2.24, 2.45) is 0 Å². The molecule has 1 aliphatic heterocycles. The smallest absolute Gasteiger partial charge is 0.0577 e. The summed E-state index contributed by atoms with van der Waals surface area (Å²) in [6, 6.07) is 10.6. The number of rotatable bonds is 2. The second-order valence-electron chi connectivity index (χ2n) is 3.31. The summed E-state index contributed by atoms with van der Waals surface area (Å²) in [6.07, 6.45) is 2.13. The van der Waals surface area contributed by atoms with Gasteiger partial charge in [0.25, 0.3) is 0 Å². The van der Waals surface area contributed by atoms with Gasteiger partial charge in [0.15, 0.2) is 0 Å². The normalized spacial score (nSPS) is 18.5. The Morgan fingerprint density at radius 3 is 2.46 bits per heavy atom. The van der Waals surface area contributed by atoms with Crippen LogP contribution in [0.2, 0.25) is 0 Å². The molecule has 1 heterocycles. The van der Waals surface area contributed by atoms with Gasteiger partial charge in [0.05, 0.1) is 11.7 Å². The predicted molar refractivity (Wildman–Crippen MR) is 52.1 cm³/mol. The molecule has 1 aromatic rings. The van der Waals surface area contributed by atoms with Crippen molar-refractivity contribution in [3.8, 4) is 0 Å². The summed E-state index contributed by atoms with van der Waals surface area (Å²) < 4.78 is 5.28. The van der Waals surface area contributed by atoms with E-state index >= 15 is 0 Å². The third-order valence-electron chi connectivity index (χ3n) is 2.28. The van der Waals surface area contributed by atoms with E-state index in [1.807, 2.05) is 18.2 Å². The molecule has 13 heavy (non-hydrogen) atoms. The molecule has 69 valence electrons. The number of para-hydroxylation sites is 1. The van der Waals surface area contributed by atoms with Crippen molar-refractivity contribution in [2.75, 3.05) is 13.2 Å². The summed E-state index contributed by atoms with van der Waals surface area (Å²) in [5, 5.41) is 4.64. The monoisotopic (exact) mass is 176 g/mol. The minimum absolute atomic E-state index is 0.469. The van der Waals surface area contributed by atoms with Crippen molar-refractivity contribution in [3.63, 3.8) is 0 Å². The Morgan fingerprint density at radius 2 is 1.77 bits per heavy atom. The van der Waals surface area contributed by atoms with Crippen LogP contribution in [-0.2, 0) is 4.74 Å². The largest absolute Gasteiger partial charge is 0.381 e. The fraction of sp³-hybridized carbons (Fsp3) is 0.455. The van der Waals surface area contributed by atoms with Gasteiger partial charge in [0.2, 0.25) is 0 Å². The molecule has 1 aromatic carbocycles. The predicted octanol–water partition coefficient (Wildman–Crippen LogP) is 2.10. The topological polar surface area (TPSA) is 23.3 Å². The van der Waals surface area contributed by atoms with Crippen LogP contribution >= 0.6 is 0 Å². The number of benzene rings is 1. The van der Waals surface area contributed by atoms with Gasteiger partial charge in [-0.25, -0.2) is 0 Å². The Hall–Kier alpha value is -1.02. The molecule has 0 bridgehead atoms. The fourth-order valence-electron chi connectivity index (χ4n) is 1.54. The Morgan fingerprint density at radius 1 is 1.08 bits per heavy atom. The van der Waals surface area contributed by atoms with Crippen LogP contribution in [0.15, 0.2) is 30.3 Å². The van der Waals surface area contributed by atoms with Gasteiger partial charge in [-0.3, -0.25) is 5.32 Å². The van der Waals surface area contributed by atoms with E-state index in [9.17, 15) is 0 Å². The SMILES string of the molecule is c1ccc([N]C2CCOCC2)cc1. The van der Waals surface area contributed by atoms with E-state index in [-0.39, 0.29) is 0 Å². The van der Waals surface area contributed by atoms with Crippen molar-refractivity contribution in [2.45, 2.75) is 18.9 Å². The van der Waals surface area contributed by atoms with Crippen molar-refractivity contribution >= 4 is 5.69 Å². The third-order valence-corrected chi connectivity index (χ3v) is 2.28. The highest BCUT2D eigenvalue weighted by Crippen LogP contribution is 2.14. The van der Waals surface area contributed by atoms with Gasteiger partial charge in [-0.2, -0.15) is 0 Å². The van der Waals surface area contributed by atoms with Crippen LogP contribution in [0.1, 0.15) is 12.8 Å². The first kappa shape index (κ1) is 8.57. The van der Waals surface area contributed by atoms with Crippen LogP contribution in [0.25, 0.3) is 0 Å². The van der Waals surface area contributed by atoms with Gasteiger partial charge in [-0.05, 0) is 25.0 Å². The Kier molecular flexibility index (Phi) is 2.82. The highest BCUT2D eigenvalue weighted by atomic mass is 16.5. The molecule has 0 aromatic heterocycles. The van der Waals surface area contributed by atoms with E-state index in [4.69, 9.17) is 4.74 Å². The highest BCUT2D eigenvalue weighted by Gasteiger charge is 2.14. The van der Waals surface area contributed by atoms with Crippen LogP contribution in [-0.4, -0.2) is 19.3 Å². The van der Waals surface area contributed by atoms with Crippen molar-refractivity contribution in [1.29, 1.82) is 0 Å². The first-order valence-corrected chi connectivity index (χ1v) is 4.79. The van der Waals surface area contributed by atoms with Crippen LogP contribution in [0.3, 0.4) is 0 Å². The molecule has 0 unspecified atom stereocenters. The van der Waals surface area contributed by atoms with E-state index in [1.54, 1.807) is 0 Å². The van der Waals surface area contributed by atoms with E-state index in [1.165, 1.54) is 0 Å². The minimum atomic E-state index is 0.469. The molecular formula is C11H14NO. The lowest BCUT2D eigenvalue weighted by molar-refractivity contribution is 0.0809. The van der Waals surface area contributed by atoms with Gasteiger partial charge >= 0.3 is 0 Å². The number of nitrogens with zero attached hydrogens (tertiary/aromatic N) is 1. The van der Waals surface area contributed by atoms with Gasteiger partial charge in [0.1, 0.15) is 0 Å². The zero-order valence-corrected chi connectivity index (χ0v) is 7.65. The number of hydrogen-bond acceptors (Lipinski definition) is 1. The van der Waals surface area contributed by atoms with Gasteiger partial charge in [-0.15, -0.1) is 0 Å². The summed E-state index contributed by atoms with van der Waals surface area (Å²) in [6.45, 7) is 1.72. The van der Waals surface area contributed by atoms with Crippen LogP contribution < -0.4 is 5.32 Å². The van der Waals surface area contributed by atoms with Crippen LogP contribution in [0.4, 0.5) is 5.69 Å². The molecule has 2 rings (SSSR count). The second-order valence-corrected chi connectivity index (χ2v) is 3.31. The van der Waals surface area contributed by atoms with Gasteiger partial charge < -0.3 is 4.74 Å². The summed E-state index contributed by atoms with van der Waals surface area (Å²) >= 11 is 0. The first-order valence-electron chi connectivity index (χ1n) is 4.79. The van der Waals surface area contributed by atoms with Crippen LogP contribution in [0, 0.1) is 0 Å². The van der Waals surface area contributed by atoms with Crippen molar-refractivity contribution < 1.29 is 4.74 Å². The molecule has 1 aliphatic rings. The van der Waals surface area contributed by atoms with E-state index in [2.05, 4.69) is 17.4 Å². The standard InChI is InChI=1S/C11H14NO/c1-2-4-10(5-3-1)12-11-6-8-13-9-7-11/h1-5,11H,6-9H2. The molecule has 1 radical (unpaired) electrons. The molecule has 1 saturated heterocycles. The summed E-state index contributed by atoms with van der Waals surface area (Å²) in [5.41, 5.74) is 1.09. The molecule has 0 N–H and O–H groups in total. The molecular weight excluding hydrogens is 162 g/mol. The molecule has 2 heteroatoms. The first-order chi connectivity index (χ1) is 6.45. The van der Waals surface area contributed by atoms with Gasteiger partial charge in [-0.1, -0.05) is 18.2 Å². The Bertz CT molecular complexity index is 242. The lowest BCUT2D eigenvalue weighted by Crippen LogP contribution is -2.27. The van der Waals surface area contributed by atoms with E-state index in [0.29, 0.717) is 6.04 Å². The maximum absolute atomic E-state index is 5.28. The molecule has 0 amide bonds. The second kappa shape index (κ2) is 4.28. The Balaban J connectivity index is 1.90. The Labute approximate surface area is 78.9 Å². The van der Waals surface area contributed by atoms with E-state index < -0.39 is 0 Å². The third kappa shape index (κ3) is 2.46. The lowest BCUT2D eigenvalue weighted by atomic mass is 10.1. The maximum atomic E-state index is 5.28. The fourth-order valence-corrected chi connectivity index (χ4v) is 1.54. The zero-order chi connectivity index (χ0) is 8.93. The summed E-state index contributed by atoms with van der Waals surface area (Å²) in [4.78, 5) is 0.